The molecule has 1 aromatic carbocycles. The van der Waals surface area contributed by atoms with Crippen molar-refractivity contribution in [2.75, 3.05) is 11.5 Å². The highest BCUT2D eigenvalue weighted by molar-refractivity contribution is 7.91. The number of carbonyl (C=O) groups is 1. The van der Waals surface area contributed by atoms with Gasteiger partial charge in [-0.25, -0.2) is 8.42 Å². The zero-order valence-electron chi connectivity index (χ0n) is 14.7. The zero-order chi connectivity index (χ0) is 18.2. The fourth-order valence-electron chi connectivity index (χ4n) is 3.03. The van der Waals surface area contributed by atoms with E-state index in [1.54, 1.807) is 10.7 Å². The fourth-order valence-corrected chi connectivity index (χ4v) is 4.72. The van der Waals surface area contributed by atoms with Gasteiger partial charge in [0, 0.05) is 6.04 Å². The Morgan fingerprint density at radius 3 is 2.52 bits per heavy atom. The number of aromatic nitrogens is 2. The first-order valence-corrected chi connectivity index (χ1v) is 10.3. The second kappa shape index (κ2) is 6.63. The van der Waals surface area contributed by atoms with Crippen LogP contribution in [0.5, 0.6) is 0 Å². The molecule has 0 bridgehead atoms. The Bertz CT molecular complexity index is 883. The normalized spacial score (nSPS) is 19.3. The number of nitrogens with one attached hydrogen (secondary N) is 1. The van der Waals surface area contributed by atoms with Gasteiger partial charge >= 0.3 is 0 Å². The van der Waals surface area contributed by atoms with E-state index >= 15 is 0 Å². The highest BCUT2D eigenvalue weighted by Gasteiger charge is 2.32. The van der Waals surface area contributed by atoms with Crippen molar-refractivity contribution in [2.45, 2.75) is 39.3 Å². The molecule has 1 aliphatic heterocycles. The predicted molar refractivity (Wildman–Crippen MR) is 97.3 cm³/mol. The Balaban J connectivity index is 2.03. The van der Waals surface area contributed by atoms with Crippen molar-refractivity contribution in [3.05, 3.63) is 41.6 Å². The lowest BCUT2D eigenvalue weighted by Crippen LogP contribution is -2.30. The molecule has 1 amide bonds. The minimum Gasteiger partial charge on any atom is -0.348 e. The largest absolute Gasteiger partial charge is 0.348 e. The topological polar surface area (TPSA) is 81.1 Å². The van der Waals surface area contributed by atoms with Gasteiger partial charge in [-0.05, 0) is 38.8 Å². The van der Waals surface area contributed by atoms with Crippen LogP contribution in [0, 0.1) is 6.92 Å². The molecule has 1 N–H and O–H groups in total. The number of nitrogens with zero attached hydrogens (tertiary/aromatic N) is 2. The van der Waals surface area contributed by atoms with Crippen LogP contribution in [0.3, 0.4) is 0 Å². The number of aryl methyl sites for hydroxylation is 1. The molecule has 25 heavy (non-hydrogen) atoms. The number of amides is 1. The van der Waals surface area contributed by atoms with Gasteiger partial charge in [0.15, 0.2) is 15.5 Å². The lowest BCUT2D eigenvalue weighted by atomic mass is 10.1. The van der Waals surface area contributed by atoms with Gasteiger partial charge < -0.3 is 5.32 Å². The van der Waals surface area contributed by atoms with Gasteiger partial charge in [-0.15, -0.1) is 0 Å². The molecule has 0 unspecified atom stereocenters. The molecule has 0 aliphatic carbocycles. The Labute approximate surface area is 148 Å². The van der Waals surface area contributed by atoms with E-state index in [-0.39, 0.29) is 29.5 Å². The summed E-state index contributed by atoms with van der Waals surface area (Å²) in [7, 11) is -3.04. The molecule has 1 atom stereocenters. The second-order valence-corrected chi connectivity index (χ2v) is 9.14. The minimum absolute atomic E-state index is 0.00679. The van der Waals surface area contributed by atoms with Crippen molar-refractivity contribution in [1.82, 2.24) is 15.1 Å². The third-order valence-corrected chi connectivity index (χ3v) is 6.04. The van der Waals surface area contributed by atoms with Gasteiger partial charge in [0.1, 0.15) is 0 Å². The number of benzene rings is 1. The molecule has 3 rings (SSSR count). The summed E-state index contributed by atoms with van der Waals surface area (Å²) in [5.74, 6) is -0.0140. The number of rotatable bonds is 4. The summed E-state index contributed by atoms with van der Waals surface area (Å²) in [5, 5.41) is 7.28. The van der Waals surface area contributed by atoms with Crippen LogP contribution in [0.1, 0.15) is 42.4 Å². The van der Waals surface area contributed by atoms with Gasteiger partial charge in [0.2, 0.25) is 0 Å². The Morgan fingerprint density at radius 1 is 1.28 bits per heavy atom. The van der Waals surface area contributed by atoms with Crippen LogP contribution in [-0.4, -0.2) is 41.7 Å². The SMILES string of the molecule is Cc1ccc(-c2cc(C(=O)NC(C)C)nn2[C@H]2CCS(=O)(=O)C2)cc1. The average Bonchev–Trinajstić information content (AvgIpc) is 3.11. The molecule has 7 heteroatoms. The van der Waals surface area contributed by atoms with Crippen LogP contribution >= 0.6 is 0 Å². The van der Waals surface area contributed by atoms with Gasteiger partial charge in [-0.1, -0.05) is 29.8 Å². The summed E-state index contributed by atoms with van der Waals surface area (Å²) in [6.45, 7) is 5.78. The standard InChI is InChI=1S/C18H23N3O3S/c1-12(2)19-18(22)16-10-17(14-6-4-13(3)5-7-14)21(20-16)15-8-9-25(23,24)11-15/h4-7,10,12,15H,8-9,11H2,1-3H3,(H,19,22)/t15-/m0/s1. The van der Waals surface area contributed by atoms with E-state index in [1.165, 1.54) is 0 Å². The van der Waals surface area contributed by atoms with Crippen LogP contribution in [0.2, 0.25) is 0 Å². The summed E-state index contributed by atoms with van der Waals surface area (Å²) in [6.07, 6.45) is 0.522. The van der Waals surface area contributed by atoms with Crippen molar-refractivity contribution in [2.24, 2.45) is 0 Å². The summed E-state index contributed by atoms with van der Waals surface area (Å²) in [6, 6.07) is 9.44. The lowest BCUT2D eigenvalue weighted by molar-refractivity contribution is 0.0937. The van der Waals surface area contributed by atoms with E-state index in [4.69, 9.17) is 0 Å². The molecule has 1 aromatic heterocycles. The van der Waals surface area contributed by atoms with Crippen molar-refractivity contribution in [3.63, 3.8) is 0 Å². The van der Waals surface area contributed by atoms with Gasteiger partial charge in [-0.3, -0.25) is 9.48 Å². The van der Waals surface area contributed by atoms with Crippen molar-refractivity contribution >= 4 is 15.7 Å². The van der Waals surface area contributed by atoms with Crippen molar-refractivity contribution < 1.29 is 13.2 Å². The monoisotopic (exact) mass is 361 g/mol. The molecule has 2 heterocycles. The van der Waals surface area contributed by atoms with Gasteiger partial charge in [0.05, 0.1) is 23.2 Å². The second-order valence-electron chi connectivity index (χ2n) is 6.91. The Hall–Kier alpha value is -2.15. The molecule has 0 radical (unpaired) electrons. The zero-order valence-corrected chi connectivity index (χ0v) is 15.5. The Morgan fingerprint density at radius 2 is 1.96 bits per heavy atom. The van der Waals surface area contributed by atoms with Crippen LogP contribution in [0.4, 0.5) is 0 Å². The van der Waals surface area contributed by atoms with Crippen LogP contribution < -0.4 is 5.32 Å². The summed E-state index contributed by atoms with van der Waals surface area (Å²) >= 11 is 0. The Kier molecular flexibility index (Phi) is 4.69. The van der Waals surface area contributed by atoms with Crippen molar-refractivity contribution in [1.29, 1.82) is 0 Å². The van der Waals surface area contributed by atoms with E-state index in [0.29, 0.717) is 12.1 Å². The molecule has 6 nitrogen and oxygen atoms in total. The van der Waals surface area contributed by atoms with E-state index in [9.17, 15) is 13.2 Å². The molecule has 1 fully saturated rings. The molecule has 1 saturated heterocycles. The number of sulfone groups is 1. The molecular formula is C18H23N3O3S. The van der Waals surface area contributed by atoms with Gasteiger partial charge in [-0.2, -0.15) is 5.10 Å². The van der Waals surface area contributed by atoms with Crippen LogP contribution in [0.15, 0.2) is 30.3 Å². The minimum atomic E-state index is -3.04. The third-order valence-electron chi connectivity index (χ3n) is 4.29. The smallest absolute Gasteiger partial charge is 0.271 e. The lowest BCUT2D eigenvalue weighted by Gasteiger charge is -2.13. The van der Waals surface area contributed by atoms with E-state index < -0.39 is 9.84 Å². The average molecular weight is 361 g/mol. The van der Waals surface area contributed by atoms with E-state index in [0.717, 1.165) is 16.8 Å². The fraction of sp³-hybridized carbons (Fsp3) is 0.444. The summed E-state index contributed by atoms with van der Waals surface area (Å²) in [4.78, 5) is 12.3. The maximum Gasteiger partial charge on any atom is 0.271 e. The first-order chi connectivity index (χ1) is 11.7. The molecule has 2 aromatic rings. The first-order valence-electron chi connectivity index (χ1n) is 8.43. The van der Waals surface area contributed by atoms with E-state index in [1.807, 2.05) is 45.0 Å². The predicted octanol–water partition coefficient (Wildman–Crippen LogP) is 2.36. The van der Waals surface area contributed by atoms with Gasteiger partial charge in [0.25, 0.3) is 5.91 Å². The molecular weight excluding hydrogens is 338 g/mol. The highest BCUT2D eigenvalue weighted by atomic mass is 32.2. The van der Waals surface area contributed by atoms with E-state index in [2.05, 4.69) is 10.4 Å². The number of hydrogen-bond donors (Lipinski definition) is 1. The molecule has 0 spiro atoms. The quantitative estimate of drug-likeness (QED) is 0.906. The molecule has 1 aliphatic rings. The maximum atomic E-state index is 12.3. The summed E-state index contributed by atoms with van der Waals surface area (Å²) < 4.78 is 25.5. The maximum absolute atomic E-state index is 12.3. The van der Waals surface area contributed by atoms with Crippen molar-refractivity contribution in [3.8, 4) is 11.3 Å². The van der Waals surface area contributed by atoms with Crippen LogP contribution in [-0.2, 0) is 9.84 Å². The highest BCUT2D eigenvalue weighted by Crippen LogP contribution is 2.30. The molecule has 134 valence electrons. The summed E-state index contributed by atoms with van der Waals surface area (Å²) in [5.41, 5.74) is 3.15. The number of carbonyl (C=O) groups excluding carboxylic acids is 1. The third kappa shape index (κ3) is 3.92. The number of hydrogen-bond acceptors (Lipinski definition) is 4. The van der Waals surface area contributed by atoms with Crippen LogP contribution in [0.25, 0.3) is 11.3 Å². The molecule has 0 saturated carbocycles. The first kappa shape index (κ1) is 17.7.